The van der Waals surface area contributed by atoms with Gasteiger partial charge in [-0.15, -0.1) is 0 Å². The number of nitrogen functional groups attached to an aromatic ring is 1. The van der Waals surface area contributed by atoms with Gasteiger partial charge in [-0.3, -0.25) is 14.6 Å². The maximum atomic E-state index is 12.1. The molecule has 1 aromatic carbocycles. The second kappa shape index (κ2) is 7.55. The third-order valence-electron chi connectivity index (χ3n) is 3.43. The number of benzene rings is 1. The highest BCUT2D eigenvalue weighted by Gasteiger charge is 2.16. The number of nitrogens with one attached hydrogen (secondary N) is 3. The predicted octanol–water partition coefficient (Wildman–Crippen LogP) is 1.70. The van der Waals surface area contributed by atoms with E-state index in [0.717, 1.165) is 5.56 Å². The van der Waals surface area contributed by atoms with E-state index in [1.165, 1.54) is 0 Å². The maximum absolute atomic E-state index is 12.1. The molecule has 0 saturated heterocycles. The van der Waals surface area contributed by atoms with Gasteiger partial charge in [0, 0.05) is 6.04 Å². The summed E-state index contributed by atoms with van der Waals surface area (Å²) < 4.78 is 0. The molecular weight excluding hydrogens is 355 g/mol. The van der Waals surface area contributed by atoms with Crippen molar-refractivity contribution in [3.05, 3.63) is 60.3 Å². The molecule has 0 aliphatic heterocycles. The van der Waals surface area contributed by atoms with Crippen LogP contribution in [0.5, 0.6) is 0 Å². The van der Waals surface area contributed by atoms with Gasteiger partial charge in [-0.05, 0) is 37.5 Å². The second-order valence-corrected chi connectivity index (χ2v) is 6.17. The highest BCUT2D eigenvalue weighted by Crippen LogP contribution is 2.23. The number of H-pyrrole nitrogens is 2. The molecule has 5 N–H and O–H groups in total. The molecule has 1 heterocycles. The SMILES string of the molecule is C[C@H](CCc1ccc(Cl)c(Cl)c1)NC(=O)c1[nH]c(=O)[nH]c(=O)c1N. The quantitative estimate of drug-likeness (QED) is 0.639. The first-order chi connectivity index (χ1) is 11.3. The number of nitrogens with two attached hydrogens (primary N) is 1. The van der Waals surface area contributed by atoms with E-state index in [9.17, 15) is 14.4 Å². The summed E-state index contributed by atoms with van der Waals surface area (Å²) in [6.07, 6.45) is 1.29. The minimum Gasteiger partial charge on any atom is -0.392 e. The molecule has 1 atom stereocenters. The molecule has 9 heteroatoms. The zero-order chi connectivity index (χ0) is 17.9. The number of hydrogen-bond acceptors (Lipinski definition) is 4. The molecule has 0 unspecified atom stereocenters. The fourth-order valence-electron chi connectivity index (χ4n) is 2.12. The lowest BCUT2D eigenvalue weighted by atomic mass is 10.1. The summed E-state index contributed by atoms with van der Waals surface area (Å²) in [6.45, 7) is 1.80. The van der Waals surface area contributed by atoms with E-state index in [-0.39, 0.29) is 17.4 Å². The molecule has 0 aliphatic rings. The van der Waals surface area contributed by atoms with Crippen molar-refractivity contribution >= 4 is 34.8 Å². The number of carbonyl (C=O) groups excluding carboxylic acids is 1. The Kier molecular flexibility index (Phi) is 5.69. The molecule has 0 bridgehead atoms. The molecule has 0 fully saturated rings. The molecule has 128 valence electrons. The predicted molar refractivity (Wildman–Crippen MR) is 93.8 cm³/mol. The molecule has 1 aromatic heterocycles. The van der Waals surface area contributed by atoms with Crippen molar-refractivity contribution in [3.8, 4) is 0 Å². The third kappa shape index (κ3) is 4.39. The first kappa shape index (κ1) is 18.1. The van der Waals surface area contributed by atoms with Crippen molar-refractivity contribution in [2.75, 3.05) is 5.73 Å². The fourth-order valence-corrected chi connectivity index (χ4v) is 2.44. The molecule has 0 aliphatic carbocycles. The number of aryl methyl sites for hydroxylation is 1. The van der Waals surface area contributed by atoms with Crippen LogP contribution < -0.4 is 22.3 Å². The van der Waals surface area contributed by atoms with Gasteiger partial charge in [0.05, 0.1) is 10.0 Å². The van der Waals surface area contributed by atoms with Crippen LogP contribution in [-0.4, -0.2) is 21.9 Å². The number of carbonyl (C=O) groups is 1. The van der Waals surface area contributed by atoms with Crippen LogP contribution >= 0.6 is 23.2 Å². The van der Waals surface area contributed by atoms with E-state index in [1.54, 1.807) is 19.1 Å². The van der Waals surface area contributed by atoms with Gasteiger partial charge >= 0.3 is 5.69 Å². The summed E-state index contributed by atoms with van der Waals surface area (Å²) >= 11 is 11.8. The van der Waals surface area contributed by atoms with E-state index in [1.807, 2.05) is 11.1 Å². The van der Waals surface area contributed by atoms with Gasteiger partial charge in [-0.25, -0.2) is 4.79 Å². The van der Waals surface area contributed by atoms with Gasteiger partial charge in [-0.1, -0.05) is 29.3 Å². The molecule has 24 heavy (non-hydrogen) atoms. The average molecular weight is 371 g/mol. The first-order valence-corrected chi connectivity index (χ1v) is 7.90. The van der Waals surface area contributed by atoms with Crippen LogP contribution in [0.1, 0.15) is 29.4 Å². The van der Waals surface area contributed by atoms with Gasteiger partial charge in [0.2, 0.25) is 0 Å². The van der Waals surface area contributed by atoms with Crippen molar-refractivity contribution in [1.82, 2.24) is 15.3 Å². The number of hydrogen-bond donors (Lipinski definition) is 4. The molecule has 7 nitrogen and oxygen atoms in total. The highest BCUT2D eigenvalue weighted by atomic mass is 35.5. The van der Waals surface area contributed by atoms with Gasteiger partial charge in [-0.2, -0.15) is 0 Å². The monoisotopic (exact) mass is 370 g/mol. The van der Waals surface area contributed by atoms with Crippen molar-refractivity contribution in [2.45, 2.75) is 25.8 Å². The van der Waals surface area contributed by atoms with E-state index in [0.29, 0.717) is 22.9 Å². The van der Waals surface area contributed by atoms with E-state index >= 15 is 0 Å². The van der Waals surface area contributed by atoms with Crippen LogP contribution in [0.15, 0.2) is 27.8 Å². The van der Waals surface area contributed by atoms with Crippen molar-refractivity contribution in [3.63, 3.8) is 0 Å². The normalized spacial score (nSPS) is 12.0. The topological polar surface area (TPSA) is 121 Å². The molecule has 2 rings (SSSR count). The van der Waals surface area contributed by atoms with Crippen LogP contribution in [0, 0.1) is 0 Å². The number of amides is 1. The lowest BCUT2D eigenvalue weighted by Crippen LogP contribution is -2.37. The summed E-state index contributed by atoms with van der Waals surface area (Å²) in [5.41, 5.74) is 4.34. The molecule has 0 radical (unpaired) electrons. The highest BCUT2D eigenvalue weighted by molar-refractivity contribution is 6.42. The molecular formula is C15H16Cl2N4O3. The Morgan fingerprint density at radius 1 is 1.25 bits per heavy atom. The Hall–Kier alpha value is -2.25. The number of rotatable bonds is 5. The summed E-state index contributed by atoms with van der Waals surface area (Å²) in [4.78, 5) is 39.0. The van der Waals surface area contributed by atoms with Gasteiger partial charge in [0.15, 0.2) is 0 Å². The average Bonchev–Trinajstić information content (AvgIpc) is 2.52. The molecule has 2 aromatic rings. The lowest BCUT2D eigenvalue weighted by Gasteiger charge is -2.14. The number of aromatic amines is 2. The van der Waals surface area contributed by atoms with E-state index in [4.69, 9.17) is 28.9 Å². The minimum absolute atomic E-state index is 0.214. The molecule has 0 spiro atoms. The number of anilines is 1. The summed E-state index contributed by atoms with van der Waals surface area (Å²) in [6, 6.07) is 5.12. The molecule has 1 amide bonds. The molecule has 0 saturated carbocycles. The maximum Gasteiger partial charge on any atom is 0.326 e. The van der Waals surface area contributed by atoms with Crippen LogP contribution in [0.3, 0.4) is 0 Å². The number of halogens is 2. The standard InChI is InChI=1S/C15H16Cl2N4O3/c1-7(2-3-8-4-5-9(16)10(17)6-8)19-14(23)12-11(18)13(22)21-15(24)20-12/h4-7H,2-3,18H2,1H3,(H,19,23)(H2,20,21,22,24)/t7-/m1/s1. The second-order valence-electron chi connectivity index (χ2n) is 5.36. The Balaban J connectivity index is 2.00. The van der Waals surface area contributed by atoms with Crippen LogP contribution in [-0.2, 0) is 6.42 Å². The van der Waals surface area contributed by atoms with Crippen molar-refractivity contribution in [1.29, 1.82) is 0 Å². The van der Waals surface area contributed by atoms with Crippen molar-refractivity contribution in [2.24, 2.45) is 0 Å². The number of aromatic nitrogens is 2. The van der Waals surface area contributed by atoms with Crippen molar-refractivity contribution < 1.29 is 4.79 Å². The largest absolute Gasteiger partial charge is 0.392 e. The zero-order valence-electron chi connectivity index (χ0n) is 12.8. The van der Waals surface area contributed by atoms with Crippen LogP contribution in [0.2, 0.25) is 10.0 Å². The Bertz CT molecular complexity index is 876. The third-order valence-corrected chi connectivity index (χ3v) is 4.17. The fraction of sp³-hybridized carbons (Fsp3) is 0.267. The van der Waals surface area contributed by atoms with E-state index < -0.39 is 17.2 Å². The zero-order valence-corrected chi connectivity index (χ0v) is 14.3. The van der Waals surface area contributed by atoms with Gasteiger partial charge < -0.3 is 16.0 Å². The van der Waals surface area contributed by atoms with Crippen LogP contribution in [0.25, 0.3) is 0 Å². The van der Waals surface area contributed by atoms with Gasteiger partial charge in [0.25, 0.3) is 11.5 Å². The van der Waals surface area contributed by atoms with Crippen LogP contribution in [0.4, 0.5) is 5.69 Å². The lowest BCUT2D eigenvalue weighted by molar-refractivity contribution is 0.0934. The summed E-state index contributed by atoms with van der Waals surface area (Å²) in [5.74, 6) is -0.614. The Labute approximate surface area is 147 Å². The summed E-state index contributed by atoms with van der Waals surface area (Å²) in [7, 11) is 0. The Morgan fingerprint density at radius 2 is 1.96 bits per heavy atom. The Morgan fingerprint density at radius 3 is 2.62 bits per heavy atom. The minimum atomic E-state index is -0.799. The first-order valence-electron chi connectivity index (χ1n) is 7.14. The smallest absolute Gasteiger partial charge is 0.326 e. The van der Waals surface area contributed by atoms with Gasteiger partial charge in [0.1, 0.15) is 11.4 Å². The van der Waals surface area contributed by atoms with E-state index in [2.05, 4.69) is 10.3 Å². The summed E-state index contributed by atoms with van der Waals surface area (Å²) in [5, 5.41) is 3.64.